The molecule has 0 fully saturated rings. The number of aromatic nitrogens is 1. The SMILES string of the molecule is CN(C(=O)OCC1c2ccccc2-c2ccccc21)[C@@H](Cc1cc(=O)[nH]c2ccccc12)C(=O)O. The number of para-hydroxylation sites is 1. The lowest BCUT2D eigenvalue weighted by atomic mass is 9.98. The largest absolute Gasteiger partial charge is 0.480 e. The molecule has 0 bridgehead atoms. The second-order valence-corrected chi connectivity index (χ2v) is 8.68. The number of benzene rings is 3. The van der Waals surface area contributed by atoms with Gasteiger partial charge in [0.1, 0.15) is 12.6 Å². The summed E-state index contributed by atoms with van der Waals surface area (Å²) >= 11 is 0. The van der Waals surface area contributed by atoms with Crippen LogP contribution in [0.15, 0.2) is 83.7 Å². The molecule has 1 amide bonds. The first-order valence-electron chi connectivity index (χ1n) is 11.4. The van der Waals surface area contributed by atoms with Crippen molar-refractivity contribution in [3.8, 4) is 11.1 Å². The Morgan fingerprint density at radius 2 is 1.57 bits per heavy atom. The van der Waals surface area contributed by atoms with Crippen LogP contribution in [-0.4, -0.2) is 46.7 Å². The maximum absolute atomic E-state index is 13.0. The van der Waals surface area contributed by atoms with Crippen LogP contribution < -0.4 is 5.56 Å². The van der Waals surface area contributed by atoms with Gasteiger partial charge in [0.25, 0.3) is 0 Å². The lowest BCUT2D eigenvalue weighted by Gasteiger charge is -2.25. The third-order valence-electron chi connectivity index (χ3n) is 6.63. The van der Waals surface area contributed by atoms with Crippen LogP contribution in [0.4, 0.5) is 4.79 Å². The molecule has 176 valence electrons. The lowest BCUT2D eigenvalue weighted by Crippen LogP contribution is -2.44. The van der Waals surface area contributed by atoms with Gasteiger partial charge in [0.05, 0.1) is 0 Å². The zero-order chi connectivity index (χ0) is 24.5. The molecule has 0 radical (unpaired) electrons. The summed E-state index contributed by atoms with van der Waals surface area (Å²) < 4.78 is 5.64. The third kappa shape index (κ3) is 4.17. The van der Waals surface area contributed by atoms with Gasteiger partial charge < -0.3 is 14.8 Å². The molecule has 4 aromatic rings. The summed E-state index contributed by atoms with van der Waals surface area (Å²) in [4.78, 5) is 41.0. The Hall–Kier alpha value is -4.39. The van der Waals surface area contributed by atoms with Gasteiger partial charge in [-0.25, -0.2) is 9.59 Å². The van der Waals surface area contributed by atoms with Crippen molar-refractivity contribution in [3.05, 3.63) is 106 Å². The topological polar surface area (TPSA) is 99.7 Å². The number of carbonyl (C=O) groups is 2. The third-order valence-corrected chi connectivity index (χ3v) is 6.63. The number of nitrogens with zero attached hydrogens (tertiary/aromatic N) is 1. The van der Waals surface area contributed by atoms with Gasteiger partial charge >= 0.3 is 12.1 Å². The predicted octanol–water partition coefficient (Wildman–Crippen LogP) is 4.40. The number of hydrogen-bond donors (Lipinski definition) is 2. The van der Waals surface area contributed by atoms with E-state index in [2.05, 4.69) is 17.1 Å². The molecule has 0 spiro atoms. The van der Waals surface area contributed by atoms with Crippen molar-refractivity contribution in [2.45, 2.75) is 18.4 Å². The van der Waals surface area contributed by atoms with E-state index in [1.807, 2.05) is 48.5 Å². The fraction of sp³-hybridized carbons (Fsp3) is 0.179. The van der Waals surface area contributed by atoms with Crippen molar-refractivity contribution in [1.29, 1.82) is 0 Å². The van der Waals surface area contributed by atoms with Gasteiger partial charge in [-0.2, -0.15) is 0 Å². The van der Waals surface area contributed by atoms with E-state index in [4.69, 9.17) is 4.74 Å². The van der Waals surface area contributed by atoms with Gasteiger partial charge in [-0.05, 0) is 33.9 Å². The number of pyridine rings is 1. The molecule has 0 unspecified atom stereocenters. The van der Waals surface area contributed by atoms with E-state index >= 15 is 0 Å². The number of H-pyrrole nitrogens is 1. The van der Waals surface area contributed by atoms with E-state index in [-0.39, 0.29) is 24.5 Å². The quantitative estimate of drug-likeness (QED) is 0.437. The Bertz CT molecular complexity index is 1450. The van der Waals surface area contributed by atoms with E-state index in [0.717, 1.165) is 32.5 Å². The van der Waals surface area contributed by atoms with Gasteiger partial charge in [0.15, 0.2) is 0 Å². The molecule has 0 aliphatic heterocycles. The molecule has 7 heteroatoms. The minimum absolute atomic E-state index is 0.0273. The highest BCUT2D eigenvalue weighted by atomic mass is 16.6. The summed E-state index contributed by atoms with van der Waals surface area (Å²) in [5.74, 6) is -1.30. The molecular formula is C28H24N2O5. The van der Waals surface area contributed by atoms with E-state index in [1.165, 1.54) is 13.1 Å². The highest BCUT2D eigenvalue weighted by molar-refractivity contribution is 5.85. The van der Waals surface area contributed by atoms with Crippen molar-refractivity contribution in [2.75, 3.05) is 13.7 Å². The molecule has 0 saturated carbocycles. The fourth-order valence-electron chi connectivity index (χ4n) is 4.87. The van der Waals surface area contributed by atoms with E-state index in [1.54, 1.807) is 12.1 Å². The maximum atomic E-state index is 13.0. The van der Waals surface area contributed by atoms with Crippen LogP contribution in [0, 0.1) is 0 Å². The minimum Gasteiger partial charge on any atom is -0.480 e. The number of carboxylic acid groups (broad SMARTS) is 1. The number of carboxylic acids is 1. The molecule has 2 N–H and O–H groups in total. The molecule has 0 saturated heterocycles. The van der Waals surface area contributed by atoms with E-state index in [0.29, 0.717) is 11.1 Å². The number of likely N-dealkylation sites (N-methyl/N-ethyl adjacent to an activating group) is 1. The molecule has 5 rings (SSSR count). The Labute approximate surface area is 201 Å². The first kappa shape index (κ1) is 22.4. The summed E-state index contributed by atoms with van der Waals surface area (Å²) in [6, 6.07) is 23.4. The molecule has 35 heavy (non-hydrogen) atoms. The van der Waals surface area contributed by atoms with Crippen LogP contribution in [0.3, 0.4) is 0 Å². The smallest absolute Gasteiger partial charge is 0.410 e. The van der Waals surface area contributed by atoms with E-state index in [9.17, 15) is 19.5 Å². The molecule has 1 atom stereocenters. The molecule has 1 heterocycles. The van der Waals surface area contributed by atoms with Crippen LogP contribution in [0.5, 0.6) is 0 Å². The van der Waals surface area contributed by atoms with Crippen molar-refractivity contribution in [3.63, 3.8) is 0 Å². The molecule has 1 aliphatic carbocycles. The summed E-state index contributed by atoms with van der Waals surface area (Å²) in [6.45, 7) is 0.0947. The highest BCUT2D eigenvalue weighted by Crippen LogP contribution is 2.44. The van der Waals surface area contributed by atoms with Crippen LogP contribution in [-0.2, 0) is 16.0 Å². The first-order valence-corrected chi connectivity index (χ1v) is 11.4. The number of aromatic amines is 1. The second-order valence-electron chi connectivity index (χ2n) is 8.68. The van der Waals surface area contributed by atoms with Crippen molar-refractivity contribution in [2.24, 2.45) is 0 Å². The normalized spacial score (nSPS) is 13.2. The lowest BCUT2D eigenvalue weighted by molar-refractivity contribution is -0.142. The predicted molar refractivity (Wildman–Crippen MR) is 133 cm³/mol. The highest BCUT2D eigenvalue weighted by Gasteiger charge is 2.32. The van der Waals surface area contributed by atoms with Gasteiger partial charge in [0, 0.05) is 36.4 Å². The van der Waals surface area contributed by atoms with Crippen LogP contribution >= 0.6 is 0 Å². The number of nitrogens with one attached hydrogen (secondary N) is 1. The fourth-order valence-corrected chi connectivity index (χ4v) is 4.87. The minimum atomic E-state index is -1.20. The van der Waals surface area contributed by atoms with Gasteiger partial charge in [-0.1, -0.05) is 66.7 Å². The number of amides is 1. The number of ether oxygens (including phenoxy) is 1. The second kappa shape index (κ2) is 9.10. The summed E-state index contributed by atoms with van der Waals surface area (Å²) in [5.41, 5.74) is 5.22. The Morgan fingerprint density at radius 1 is 0.971 bits per heavy atom. The van der Waals surface area contributed by atoms with Crippen LogP contribution in [0.1, 0.15) is 22.6 Å². The number of aliphatic carboxylic acids is 1. The number of hydrogen-bond acceptors (Lipinski definition) is 4. The molecule has 7 nitrogen and oxygen atoms in total. The first-order chi connectivity index (χ1) is 16.9. The van der Waals surface area contributed by atoms with Crippen LogP contribution in [0.2, 0.25) is 0 Å². The standard InChI is InChI=1S/C28H24N2O5/c1-30(25(27(32)33)14-17-15-26(31)29-24-13-7-6-8-18(17)24)28(34)35-16-23-21-11-4-2-9-19(21)20-10-3-5-12-22(20)23/h2-13,15,23,25H,14,16H2,1H3,(H,29,31)(H,32,33)/t25-/m0/s1. The zero-order valence-electron chi connectivity index (χ0n) is 19.1. The summed E-state index contributed by atoms with van der Waals surface area (Å²) in [7, 11) is 1.41. The Balaban J connectivity index is 1.35. The number of fused-ring (bicyclic) bond motifs is 4. The Morgan fingerprint density at radius 3 is 2.23 bits per heavy atom. The van der Waals surface area contributed by atoms with Gasteiger partial charge in [-0.3, -0.25) is 9.69 Å². The Kier molecular flexibility index (Phi) is 5.82. The zero-order valence-corrected chi connectivity index (χ0v) is 19.1. The number of carbonyl (C=O) groups excluding carboxylic acids is 1. The average molecular weight is 469 g/mol. The molecule has 1 aliphatic rings. The maximum Gasteiger partial charge on any atom is 0.410 e. The van der Waals surface area contributed by atoms with Gasteiger partial charge in [0.2, 0.25) is 5.56 Å². The van der Waals surface area contributed by atoms with Gasteiger partial charge in [-0.15, -0.1) is 0 Å². The van der Waals surface area contributed by atoms with Crippen molar-refractivity contribution in [1.82, 2.24) is 9.88 Å². The van der Waals surface area contributed by atoms with Crippen molar-refractivity contribution < 1.29 is 19.4 Å². The van der Waals surface area contributed by atoms with E-state index < -0.39 is 18.1 Å². The molecular weight excluding hydrogens is 444 g/mol. The summed E-state index contributed by atoms with van der Waals surface area (Å²) in [6.07, 6.45) is -0.756. The van der Waals surface area contributed by atoms with Crippen molar-refractivity contribution >= 4 is 23.0 Å². The van der Waals surface area contributed by atoms with Crippen LogP contribution in [0.25, 0.3) is 22.0 Å². The number of rotatable bonds is 6. The molecule has 3 aromatic carbocycles. The molecule has 1 aromatic heterocycles. The summed E-state index contributed by atoms with van der Waals surface area (Å²) in [5, 5.41) is 10.6. The average Bonchev–Trinajstić information content (AvgIpc) is 3.18. The monoisotopic (exact) mass is 468 g/mol.